The van der Waals surface area contributed by atoms with Gasteiger partial charge in [0.25, 0.3) is 0 Å². The number of hydrogen-bond donors (Lipinski definition) is 1. The normalized spacial score (nSPS) is 11.2. The molecule has 1 heterocycles. The van der Waals surface area contributed by atoms with Crippen LogP contribution in [0, 0.1) is 0 Å². The summed E-state index contributed by atoms with van der Waals surface area (Å²) in [5.74, 6) is 0. The fourth-order valence-corrected chi connectivity index (χ4v) is 4.73. The van der Waals surface area contributed by atoms with Gasteiger partial charge in [0.05, 0.1) is 0 Å². The predicted octanol–water partition coefficient (Wildman–Crippen LogP) is 6.97. The Balaban J connectivity index is 1.62. The average Bonchev–Trinajstić information content (AvgIpc) is 3.08. The quantitative estimate of drug-likeness (QED) is 0.341. The summed E-state index contributed by atoms with van der Waals surface area (Å²) in [4.78, 5) is 0. The fourth-order valence-electron chi connectivity index (χ4n) is 3.49. The first-order valence-electron chi connectivity index (χ1n) is 8.66. The van der Waals surface area contributed by atoms with Gasteiger partial charge in [-0.2, -0.15) is 0 Å². The average molecular weight is 351 g/mol. The van der Waals surface area contributed by atoms with Crippen molar-refractivity contribution in [3.63, 3.8) is 0 Å². The summed E-state index contributed by atoms with van der Waals surface area (Å²) in [6, 6.07) is 32.1. The van der Waals surface area contributed by atoms with E-state index < -0.39 is 0 Å². The summed E-state index contributed by atoms with van der Waals surface area (Å²) in [5.41, 5.74) is 11.5. The van der Waals surface area contributed by atoms with Crippen LogP contribution in [-0.2, 0) is 0 Å². The van der Waals surface area contributed by atoms with Crippen LogP contribution in [0.15, 0.2) is 91.0 Å². The van der Waals surface area contributed by atoms with Gasteiger partial charge in [-0.25, -0.2) is 0 Å². The molecule has 0 aliphatic heterocycles. The molecule has 124 valence electrons. The van der Waals surface area contributed by atoms with Gasteiger partial charge in [-0.1, -0.05) is 72.8 Å². The molecule has 0 saturated heterocycles. The van der Waals surface area contributed by atoms with Crippen molar-refractivity contribution in [1.29, 1.82) is 0 Å². The highest BCUT2D eigenvalue weighted by molar-refractivity contribution is 7.26. The summed E-state index contributed by atoms with van der Waals surface area (Å²) in [5, 5.41) is 2.68. The van der Waals surface area contributed by atoms with Crippen LogP contribution in [0.3, 0.4) is 0 Å². The second-order valence-corrected chi connectivity index (χ2v) is 7.53. The van der Waals surface area contributed by atoms with E-state index in [1.807, 2.05) is 23.5 Å². The molecule has 1 nitrogen and oxygen atoms in total. The molecule has 4 aromatic carbocycles. The maximum atomic E-state index is 5.79. The largest absolute Gasteiger partial charge is 0.399 e. The van der Waals surface area contributed by atoms with Crippen LogP contribution in [0.25, 0.3) is 42.4 Å². The molecule has 0 aliphatic carbocycles. The Morgan fingerprint density at radius 2 is 1.15 bits per heavy atom. The van der Waals surface area contributed by atoms with Gasteiger partial charge in [-0.05, 0) is 40.5 Å². The third kappa shape index (κ3) is 2.47. The third-order valence-corrected chi connectivity index (χ3v) is 6.06. The predicted molar refractivity (Wildman–Crippen MR) is 115 cm³/mol. The Morgan fingerprint density at radius 3 is 1.92 bits per heavy atom. The van der Waals surface area contributed by atoms with Crippen molar-refractivity contribution in [2.45, 2.75) is 0 Å². The van der Waals surface area contributed by atoms with E-state index in [0.717, 1.165) is 5.69 Å². The lowest BCUT2D eigenvalue weighted by Gasteiger charge is -2.07. The molecule has 0 radical (unpaired) electrons. The van der Waals surface area contributed by atoms with E-state index in [2.05, 4.69) is 78.9 Å². The van der Waals surface area contributed by atoms with Gasteiger partial charge in [0.1, 0.15) is 0 Å². The van der Waals surface area contributed by atoms with Crippen LogP contribution in [0.4, 0.5) is 5.69 Å². The highest BCUT2D eigenvalue weighted by Gasteiger charge is 2.10. The minimum Gasteiger partial charge on any atom is -0.399 e. The molecule has 0 unspecified atom stereocenters. The summed E-state index contributed by atoms with van der Waals surface area (Å²) >= 11 is 1.87. The number of anilines is 1. The lowest BCUT2D eigenvalue weighted by molar-refractivity contribution is 1.60. The minimum absolute atomic E-state index is 0.793. The third-order valence-electron chi connectivity index (χ3n) is 4.84. The zero-order valence-electron chi connectivity index (χ0n) is 14.1. The highest BCUT2D eigenvalue weighted by Crippen LogP contribution is 2.40. The molecular weight excluding hydrogens is 334 g/mol. The van der Waals surface area contributed by atoms with Gasteiger partial charge in [0, 0.05) is 25.9 Å². The van der Waals surface area contributed by atoms with Crippen LogP contribution in [0.2, 0.25) is 0 Å². The minimum atomic E-state index is 0.793. The molecule has 0 amide bonds. The molecule has 5 aromatic rings. The monoisotopic (exact) mass is 351 g/mol. The topological polar surface area (TPSA) is 26.0 Å². The first-order valence-corrected chi connectivity index (χ1v) is 9.48. The molecule has 2 heteroatoms. The number of nitrogens with two attached hydrogens (primary N) is 1. The van der Waals surface area contributed by atoms with Crippen molar-refractivity contribution in [1.82, 2.24) is 0 Å². The Hall–Kier alpha value is -3.10. The number of nitrogen functional groups attached to an aromatic ring is 1. The van der Waals surface area contributed by atoms with Gasteiger partial charge >= 0.3 is 0 Å². The first kappa shape index (κ1) is 15.2. The molecule has 5 rings (SSSR count). The van der Waals surface area contributed by atoms with Gasteiger partial charge in [-0.15, -0.1) is 11.3 Å². The molecule has 26 heavy (non-hydrogen) atoms. The van der Waals surface area contributed by atoms with Crippen molar-refractivity contribution < 1.29 is 0 Å². The number of rotatable bonds is 2. The summed E-state index contributed by atoms with van der Waals surface area (Å²) < 4.78 is 2.70. The number of fused-ring (bicyclic) bond motifs is 3. The van der Waals surface area contributed by atoms with E-state index >= 15 is 0 Å². The molecule has 0 aliphatic rings. The lowest BCUT2D eigenvalue weighted by Crippen LogP contribution is -1.84. The standard InChI is InChI=1S/C24H17NS/c25-19-14-12-17(13-15-19)16-8-10-18(11-9-16)20-5-3-6-22-21-4-1-2-7-23(21)26-24(20)22/h1-15H,25H2. The van der Waals surface area contributed by atoms with Gasteiger partial charge in [0.2, 0.25) is 0 Å². The number of benzene rings is 4. The smallest absolute Gasteiger partial charge is 0.0433 e. The first-order chi connectivity index (χ1) is 12.8. The number of hydrogen-bond acceptors (Lipinski definition) is 2. The van der Waals surface area contributed by atoms with E-state index in [9.17, 15) is 0 Å². The Morgan fingerprint density at radius 1 is 0.538 bits per heavy atom. The molecule has 0 atom stereocenters. The SMILES string of the molecule is Nc1ccc(-c2ccc(-c3cccc4c3sc3ccccc34)cc2)cc1. The van der Waals surface area contributed by atoms with E-state index in [4.69, 9.17) is 5.73 Å². The fraction of sp³-hybridized carbons (Fsp3) is 0. The Labute approximate surface area is 156 Å². The molecular formula is C24H17NS. The Kier molecular flexibility index (Phi) is 3.51. The second-order valence-electron chi connectivity index (χ2n) is 6.48. The summed E-state index contributed by atoms with van der Waals surface area (Å²) in [6.07, 6.45) is 0. The van der Waals surface area contributed by atoms with Crippen molar-refractivity contribution in [3.05, 3.63) is 91.0 Å². The molecule has 2 N–H and O–H groups in total. The lowest BCUT2D eigenvalue weighted by atomic mass is 9.99. The van der Waals surface area contributed by atoms with Crippen molar-refractivity contribution in [2.75, 3.05) is 5.73 Å². The molecule has 0 fully saturated rings. The van der Waals surface area contributed by atoms with Gasteiger partial charge in [0.15, 0.2) is 0 Å². The van der Waals surface area contributed by atoms with E-state index in [1.54, 1.807) is 0 Å². The highest BCUT2D eigenvalue weighted by atomic mass is 32.1. The van der Waals surface area contributed by atoms with E-state index in [1.165, 1.54) is 42.4 Å². The van der Waals surface area contributed by atoms with Crippen LogP contribution < -0.4 is 5.73 Å². The van der Waals surface area contributed by atoms with Crippen LogP contribution in [0.1, 0.15) is 0 Å². The molecule has 0 bridgehead atoms. The summed E-state index contributed by atoms with van der Waals surface area (Å²) in [7, 11) is 0. The second kappa shape index (κ2) is 6.01. The maximum absolute atomic E-state index is 5.79. The summed E-state index contributed by atoms with van der Waals surface area (Å²) in [6.45, 7) is 0. The van der Waals surface area contributed by atoms with Gasteiger partial charge < -0.3 is 5.73 Å². The zero-order chi connectivity index (χ0) is 17.5. The van der Waals surface area contributed by atoms with Gasteiger partial charge in [-0.3, -0.25) is 0 Å². The molecule has 0 saturated carbocycles. The molecule has 0 spiro atoms. The van der Waals surface area contributed by atoms with Crippen LogP contribution in [-0.4, -0.2) is 0 Å². The number of thiophene rings is 1. The maximum Gasteiger partial charge on any atom is 0.0433 e. The Bertz CT molecular complexity index is 1220. The van der Waals surface area contributed by atoms with Crippen molar-refractivity contribution >= 4 is 37.2 Å². The van der Waals surface area contributed by atoms with Crippen LogP contribution >= 0.6 is 11.3 Å². The van der Waals surface area contributed by atoms with Crippen molar-refractivity contribution in [2.24, 2.45) is 0 Å². The van der Waals surface area contributed by atoms with E-state index in [0.29, 0.717) is 0 Å². The van der Waals surface area contributed by atoms with E-state index in [-0.39, 0.29) is 0 Å². The van der Waals surface area contributed by atoms with Crippen LogP contribution in [0.5, 0.6) is 0 Å². The molecule has 1 aromatic heterocycles. The zero-order valence-corrected chi connectivity index (χ0v) is 15.0. The van der Waals surface area contributed by atoms with Crippen molar-refractivity contribution in [3.8, 4) is 22.3 Å².